The van der Waals surface area contributed by atoms with Crippen LogP contribution < -0.4 is 0 Å². The maximum atomic E-state index is 14.6. The van der Waals surface area contributed by atoms with Crippen molar-refractivity contribution < 1.29 is 14.0 Å². The number of aryl methyl sites for hydroxylation is 1. The van der Waals surface area contributed by atoms with E-state index in [9.17, 15) is 14.0 Å². The van der Waals surface area contributed by atoms with Crippen LogP contribution in [0.1, 0.15) is 41.3 Å². The number of hydrogen-bond acceptors (Lipinski definition) is 3. The highest BCUT2D eigenvalue weighted by atomic mass is 35.5. The highest BCUT2D eigenvalue weighted by Crippen LogP contribution is 2.24. The fraction of sp³-hybridized carbons (Fsp3) is 0.240. The van der Waals surface area contributed by atoms with Gasteiger partial charge in [0.15, 0.2) is 5.78 Å². The van der Waals surface area contributed by atoms with Gasteiger partial charge in [0.2, 0.25) is 5.91 Å². The van der Waals surface area contributed by atoms with E-state index in [4.69, 9.17) is 11.6 Å². The van der Waals surface area contributed by atoms with E-state index in [1.807, 2.05) is 24.3 Å². The molecule has 3 rings (SSSR count). The van der Waals surface area contributed by atoms with Gasteiger partial charge >= 0.3 is 0 Å². The lowest BCUT2D eigenvalue weighted by molar-refractivity contribution is -0.130. The molecule has 2 aromatic carbocycles. The monoisotopic (exact) mass is 438 g/mol. The largest absolute Gasteiger partial charge is 0.341 e. The number of Topliss-reactive ketones (excluding diaryl/α,β-unsaturated/α-hetero) is 1. The minimum absolute atomic E-state index is 0.0314. The van der Waals surface area contributed by atoms with Crippen molar-refractivity contribution in [1.29, 1.82) is 0 Å². The molecule has 1 aromatic heterocycles. The van der Waals surface area contributed by atoms with Crippen LogP contribution >= 0.6 is 11.6 Å². The van der Waals surface area contributed by atoms with E-state index in [1.165, 1.54) is 11.0 Å². The molecule has 0 spiro atoms. The smallest absolute Gasteiger partial charge is 0.222 e. The number of ketones is 1. The topological polar surface area (TPSA) is 50.3 Å². The Kier molecular flexibility index (Phi) is 7.53. The van der Waals surface area contributed by atoms with Crippen LogP contribution in [0.3, 0.4) is 0 Å². The minimum atomic E-state index is -0.357. The Balaban J connectivity index is 1.65. The molecule has 0 atom stereocenters. The first-order valence-corrected chi connectivity index (χ1v) is 10.5. The van der Waals surface area contributed by atoms with Gasteiger partial charge in [0.1, 0.15) is 11.0 Å². The Hall–Kier alpha value is -3.05. The van der Waals surface area contributed by atoms with Crippen molar-refractivity contribution in [3.63, 3.8) is 0 Å². The molecule has 6 heteroatoms. The SMILES string of the molecule is CCC(=O)N(C)Cc1ccc(-c2ccc(C(=O)CCc3ccc(Cl)nc3)cc2)cc1F. The van der Waals surface area contributed by atoms with Crippen molar-refractivity contribution in [2.24, 2.45) is 0 Å². The summed E-state index contributed by atoms with van der Waals surface area (Å²) in [5.74, 6) is -0.354. The third-order valence-electron chi connectivity index (χ3n) is 5.16. The fourth-order valence-corrected chi connectivity index (χ4v) is 3.39. The second kappa shape index (κ2) is 10.3. The molecule has 1 heterocycles. The van der Waals surface area contributed by atoms with E-state index in [1.54, 1.807) is 44.4 Å². The molecule has 0 saturated carbocycles. The number of benzene rings is 2. The van der Waals surface area contributed by atoms with E-state index in [0.717, 1.165) is 16.7 Å². The summed E-state index contributed by atoms with van der Waals surface area (Å²) in [4.78, 5) is 29.7. The molecule has 31 heavy (non-hydrogen) atoms. The molecule has 1 amide bonds. The van der Waals surface area contributed by atoms with Crippen molar-refractivity contribution >= 4 is 23.3 Å². The third-order valence-corrected chi connectivity index (χ3v) is 5.38. The summed E-state index contributed by atoms with van der Waals surface area (Å²) in [6, 6.07) is 15.7. The van der Waals surface area contributed by atoms with Gasteiger partial charge in [0.25, 0.3) is 0 Å². The van der Waals surface area contributed by atoms with Crippen molar-refractivity contribution in [3.05, 3.63) is 88.5 Å². The molecule has 0 bridgehead atoms. The van der Waals surface area contributed by atoms with E-state index in [0.29, 0.717) is 35.5 Å². The molecule has 4 nitrogen and oxygen atoms in total. The van der Waals surface area contributed by atoms with Gasteiger partial charge in [-0.05, 0) is 35.2 Å². The maximum absolute atomic E-state index is 14.6. The number of nitrogens with zero attached hydrogens (tertiary/aromatic N) is 2. The number of rotatable bonds is 8. The number of carbonyl (C=O) groups is 2. The van der Waals surface area contributed by atoms with Gasteiger partial charge in [0.05, 0.1) is 0 Å². The van der Waals surface area contributed by atoms with Crippen LogP contribution in [0.15, 0.2) is 60.8 Å². The second-order valence-electron chi connectivity index (χ2n) is 7.40. The molecule has 0 radical (unpaired) electrons. The lowest BCUT2D eigenvalue weighted by atomic mass is 9.99. The van der Waals surface area contributed by atoms with Crippen LogP contribution in [0.5, 0.6) is 0 Å². The first kappa shape index (κ1) is 22.6. The van der Waals surface area contributed by atoms with Gasteiger partial charge < -0.3 is 4.90 Å². The molecule has 0 N–H and O–H groups in total. The van der Waals surface area contributed by atoms with Gasteiger partial charge in [-0.3, -0.25) is 9.59 Å². The number of pyridine rings is 1. The average Bonchev–Trinajstić information content (AvgIpc) is 2.79. The Morgan fingerprint density at radius 1 is 1.03 bits per heavy atom. The molecule has 3 aromatic rings. The molecule has 0 fully saturated rings. The summed E-state index contributed by atoms with van der Waals surface area (Å²) in [7, 11) is 1.67. The molecule has 160 valence electrons. The highest BCUT2D eigenvalue weighted by molar-refractivity contribution is 6.29. The first-order valence-electron chi connectivity index (χ1n) is 10.1. The Labute approximate surface area is 186 Å². The predicted molar refractivity (Wildman–Crippen MR) is 120 cm³/mol. The van der Waals surface area contributed by atoms with E-state index >= 15 is 0 Å². The van der Waals surface area contributed by atoms with Gasteiger partial charge in [0, 0.05) is 43.8 Å². The lowest BCUT2D eigenvalue weighted by Crippen LogP contribution is -2.25. The summed E-state index contributed by atoms with van der Waals surface area (Å²) in [6.45, 7) is 2.01. The molecule has 0 aliphatic rings. The lowest BCUT2D eigenvalue weighted by Gasteiger charge is -2.17. The summed E-state index contributed by atoms with van der Waals surface area (Å²) >= 11 is 5.78. The van der Waals surface area contributed by atoms with Crippen molar-refractivity contribution in [3.8, 4) is 11.1 Å². The zero-order valence-electron chi connectivity index (χ0n) is 17.6. The minimum Gasteiger partial charge on any atom is -0.341 e. The highest BCUT2D eigenvalue weighted by Gasteiger charge is 2.12. The first-order chi connectivity index (χ1) is 14.9. The van der Waals surface area contributed by atoms with Crippen LogP contribution in [0, 0.1) is 5.82 Å². The summed E-state index contributed by atoms with van der Waals surface area (Å²) in [5, 5.41) is 0.427. The molecule has 0 unspecified atom stereocenters. The van der Waals surface area contributed by atoms with Crippen molar-refractivity contribution in [2.75, 3.05) is 7.05 Å². The van der Waals surface area contributed by atoms with E-state index in [2.05, 4.69) is 4.98 Å². The standard InChI is InChI=1S/C25H24ClFN2O2/c1-3-25(31)29(2)16-21-11-10-20(14-22(21)27)18-6-8-19(9-7-18)23(30)12-4-17-5-13-24(26)28-15-17/h5-11,13-15H,3-4,12,16H2,1-2H3. The van der Waals surface area contributed by atoms with E-state index < -0.39 is 0 Å². The normalized spacial score (nSPS) is 10.7. The van der Waals surface area contributed by atoms with Crippen LogP contribution in [-0.4, -0.2) is 28.6 Å². The zero-order chi connectivity index (χ0) is 22.4. The molecular formula is C25H24ClFN2O2. The third kappa shape index (κ3) is 5.98. The van der Waals surface area contributed by atoms with Crippen LogP contribution in [0.4, 0.5) is 4.39 Å². The van der Waals surface area contributed by atoms with Crippen molar-refractivity contribution in [2.45, 2.75) is 32.7 Å². The van der Waals surface area contributed by atoms with Gasteiger partial charge in [-0.2, -0.15) is 0 Å². The van der Waals surface area contributed by atoms with Crippen LogP contribution in [0.25, 0.3) is 11.1 Å². The summed E-state index contributed by atoms with van der Waals surface area (Å²) in [5.41, 5.74) is 3.58. The number of hydrogen-bond donors (Lipinski definition) is 0. The molecule has 0 aliphatic carbocycles. The predicted octanol–water partition coefficient (Wildman–Crippen LogP) is 5.73. The van der Waals surface area contributed by atoms with Crippen LogP contribution in [-0.2, 0) is 17.8 Å². The van der Waals surface area contributed by atoms with Gasteiger partial charge in [-0.15, -0.1) is 0 Å². The molecule has 0 aliphatic heterocycles. The number of amides is 1. The van der Waals surface area contributed by atoms with Gasteiger partial charge in [-0.25, -0.2) is 9.37 Å². The quantitative estimate of drug-likeness (QED) is 0.333. The van der Waals surface area contributed by atoms with Crippen molar-refractivity contribution in [1.82, 2.24) is 9.88 Å². The second-order valence-corrected chi connectivity index (χ2v) is 7.79. The average molecular weight is 439 g/mol. The number of halogens is 2. The zero-order valence-corrected chi connectivity index (χ0v) is 18.3. The Bertz CT molecular complexity index is 1070. The molecular weight excluding hydrogens is 415 g/mol. The molecule has 0 saturated heterocycles. The fourth-order valence-electron chi connectivity index (χ4n) is 3.27. The number of aromatic nitrogens is 1. The van der Waals surface area contributed by atoms with E-state index in [-0.39, 0.29) is 24.1 Å². The summed E-state index contributed by atoms with van der Waals surface area (Å²) < 4.78 is 14.6. The van der Waals surface area contributed by atoms with Crippen LogP contribution in [0.2, 0.25) is 5.15 Å². The number of carbonyl (C=O) groups excluding carboxylic acids is 2. The Morgan fingerprint density at radius 3 is 2.35 bits per heavy atom. The van der Waals surface area contributed by atoms with Gasteiger partial charge in [-0.1, -0.05) is 61.0 Å². The Morgan fingerprint density at radius 2 is 1.74 bits per heavy atom. The maximum Gasteiger partial charge on any atom is 0.222 e. The summed E-state index contributed by atoms with van der Waals surface area (Å²) in [6.07, 6.45) is 3.02.